The smallest absolute Gasteiger partial charge is 0.203 e. The Labute approximate surface area is 276 Å². The van der Waals surface area contributed by atoms with Gasteiger partial charge in [0, 0.05) is 37.3 Å². The lowest BCUT2D eigenvalue weighted by atomic mass is 10.1. The topological polar surface area (TPSA) is 119 Å². The largest absolute Gasteiger partial charge is 0.493 e. The average Bonchev–Trinajstić information content (AvgIpc) is 3.65. The lowest BCUT2D eigenvalue weighted by Crippen LogP contribution is -2.30. The minimum absolute atomic E-state index is 0. The second-order valence-electron chi connectivity index (χ2n) is 10.3. The number of methoxy groups -OCH3 is 6. The fraction of sp³-hybridized carbons (Fsp3) is 0.419. The number of aromatic nitrogens is 4. The van der Waals surface area contributed by atoms with Crippen molar-refractivity contribution >= 4 is 24.8 Å². The van der Waals surface area contributed by atoms with Crippen molar-refractivity contribution in [2.75, 3.05) is 68.8 Å². The maximum Gasteiger partial charge on any atom is 0.203 e. The molecule has 1 fully saturated rings. The molecule has 1 aliphatic rings. The van der Waals surface area contributed by atoms with Crippen LogP contribution in [0.25, 0.3) is 22.5 Å². The van der Waals surface area contributed by atoms with Crippen LogP contribution in [0.1, 0.15) is 17.8 Å². The zero-order chi connectivity index (χ0) is 30.3. The first-order valence-corrected chi connectivity index (χ1v) is 14.1. The Morgan fingerprint density at radius 3 is 1.20 bits per heavy atom. The van der Waals surface area contributed by atoms with Gasteiger partial charge in [0.05, 0.1) is 65.4 Å². The summed E-state index contributed by atoms with van der Waals surface area (Å²) in [5.74, 6) is 3.55. The summed E-state index contributed by atoms with van der Waals surface area (Å²) in [7, 11) is 9.65. The number of aromatic amines is 2. The highest BCUT2D eigenvalue weighted by Crippen LogP contribution is 2.42. The van der Waals surface area contributed by atoms with Gasteiger partial charge >= 0.3 is 0 Å². The average molecular weight is 666 g/mol. The van der Waals surface area contributed by atoms with Crippen LogP contribution in [0.2, 0.25) is 0 Å². The molecule has 0 bridgehead atoms. The molecule has 2 aromatic carbocycles. The van der Waals surface area contributed by atoms with Gasteiger partial charge in [0.2, 0.25) is 11.5 Å². The molecule has 2 N–H and O–H groups in total. The Bertz CT molecular complexity index is 1370. The molecule has 0 atom stereocenters. The zero-order valence-corrected chi connectivity index (χ0v) is 28.1. The Hall–Kier alpha value is -3.84. The van der Waals surface area contributed by atoms with Gasteiger partial charge < -0.3 is 28.4 Å². The van der Waals surface area contributed by atoms with Crippen molar-refractivity contribution in [3.05, 3.63) is 47.8 Å². The summed E-state index contributed by atoms with van der Waals surface area (Å²) >= 11 is 0. The number of hydrogen-bond donors (Lipinski definition) is 2. The van der Waals surface area contributed by atoms with Crippen LogP contribution in [0.15, 0.2) is 36.4 Å². The Balaban J connectivity index is 0.00000276. The van der Waals surface area contributed by atoms with Gasteiger partial charge in [-0.05, 0) is 55.9 Å². The fourth-order valence-electron chi connectivity index (χ4n) is 5.46. The SMILES string of the molecule is COc1cc(-c2cc(CN3CCCN(Cc4cc(-c5cc(OC)c(OC)c(OC)c5)[nH]n4)CC3)n[nH]2)cc(OC)c1OC.Cl.Cl. The third-order valence-corrected chi connectivity index (χ3v) is 7.67. The molecule has 0 spiro atoms. The van der Waals surface area contributed by atoms with Crippen LogP contribution in [0.4, 0.5) is 0 Å². The van der Waals surface area contributed by atoms with E-state index in [0.717, 1.165) is 79.6 Å². The molecule has 1 saturated heterocycles. The molecule has 45 heavy (non-hydrogen) atoms. The third kappa shape index (κ3) is 8.06. The van der Waals surface area contributed by atoms with Crippen LogP contribution in [0.3, 0.4) is 0 Å². The van der Waals surface area contributed by atoms with Crippen LogP contribution in [-0.2, 0) is 13.1 Å². The molecule has 3 heterocycles. The van der Waals surface area contributed by atoms with E-state index in [-0.39, 0.29) is 24.8 Å². The minimum atomic E-state index is 0. The standard InChI is InChI=1S/C31H40N6O6.2ClH/c1-38-26-12-20(13-27(39-2)30(26)42-5)24-16-22(32-34-24)18-36-8-7-9-37(11-10-36)19-23-17-25(35-33-23)21-14-28(40-3)31(43-6)29(15-21)41-4;;/h12-17H,7-11,18-19H2,1-6H3,(H,32,34)(H,33,35);2*1H. The molecular formula is C31H42Cl2N6O6. The summed E-state index contributed by atoms with van der Waals surface area (Å²) in [6, 6.07) is 11.8. The first-order valence-electron chi connectivity index (χ1n) is 14.1. The molecular weight excluding hydrogens is 623 g/mol. The van der Waals surface area contributed by atoms with Gasteiger partial charge in [-0.3, -0.25) is 20.0 Å². The first-order chi connectivity index (χ1) is 21.0. The lowest BCUT2D eigenvalue weighted by Gasteiger charge is -2.20. The molecule has 0 unspecified atom stereocenters. The summed E-state index contributed by atoms with van der Waals surface area (Å²) in [5.41, 5.74) is 5.60. The van der Waals surface area contributed by atoms with Gasteiger partial charge in [-0.1, -0.05) is 0 Å². The van der Waals surface area contributed by atoms with E-state index in [4.69, 9.17) is 28.4 Å². The zero-order valence-electron chi connectivity index (χ0n) is 26.5. The molecule has 2 aromatic heterocycles. The predicted octanol–water partition coefficient (Wildman–Crippen LogP) is 5.07. The fourth-order valence-corrected chi connectivity index (χ4v) is 5.46. The molecule has 0 saturated carbocycles. The second-order valence-corrected chi connectivity index (χ2v) is 10.3. The van der Waals surface area contributed by atoms with Crippen LogP contribution in [0.5, 0.6) is 34.5 Å². The number of halogens is 2. The normalized spacial score (nSPS) is 13.6. The number of hydrogen-bond acceptors (Lipinski definition) is 10. The summed E-state index contributed by atoms with van der Waals surface area (Å²) in [6.07, 6.45) is 1.06. The highest BCUT2D eigenvalue weighted by molar-refractivity contribution is 5.85. The molecule has 0 amide bonds. The summed E-state index contributed by atoms with van der Waals surface area (Å²) < 4.78 is 33.0. The van der Waals surface area contributed by atoms with Gasteiger partial charge in [0.1, 0.15) is 0 Å². The van der Waals surface area contributed by atoms with Gasteiger partial charge in [-0.25, -0.2) is 0 Å². The van der Waals surface area contributed by atoms with Crippen molar-refractivity contribution in [1.29, 1.82) is 0 Å². The Morgan fingerprint density at radius 1 is 0.533 bits per heavy atom. The van der Waals surface area contributed by atoms with E-state index in [0.29, 0.717) is 34.5 Å². The van der Waals surface area contributed by atoms with E-state index < -0.39 is 0 Å². The van der Waals surface area contributed by atoms with E-state index in [1.807, 2.05) is 24.3 Å². The summed E-state index contributed by atoms with van der Waals surface area (Å²) in [5, 5.41) is 15.5. The molecule has 4 aromatic rings. The molecule has 0 aliphatic carbocycles. The van der Waals surface area contributed by atoms with Crippen LogP contribution >= 0.6 is 24.8 Å². The summed E-state index contributed by atoms with van der Waals surface area (Å²) in [6.45, 7) is 5.41. The van der Waals surface area contributed by atoms with Gasteiger partial charge in [0.25, 0.3) is 0 Å². The quantitative estimate of drug-likeness (QED) is 0.212. The first kappa shape index (κ1) is 35.6. The van der Waals surface area contributed by atoms with Crippen molar-refractivity contribution in [3.8, 4) is 57.0 Å². The van der Waals surface area contributed by atoms with Crippen molar-refractivity contribution in [2.24, 2.45) is 0 Å². The highest BCUT2D eigenvalue weighted by atomic mass is 35.5. The minimum Gasteiger partial charge on any atom is -0.493 e. The number of benzene rings is 2. The van der Waals surface area contributed by atoms with Crippen molar-refractivity contribution in [2.45, 2.75) is 19.5 Å². The Kier molecular flexibility index (Phi) is 13.0. The van der Waals surface area contributed by atoms with Crippen LogP contribution in [0, 0.1) is 0 Å². The number of nitrogens with zero attached hydrogens (tertiary/aromatic N) is 4. The lowest BCUT2D eigenvalue weighted by molar-refractivity contribution is 0.244. The number of H-pyrrole nitrogens is 2. The van der Waals surface area contributed by atoms with E-state index in [1.165, 1.54) is 0 Å². The number of rotatable bonds is 12. The predicted molar refractivity (Wildman–Crippen MR) is 177 cm³/mol. The van der Waals surface area contributed by atoms with E-state index in [9.17, 15) is 0 Å². The molecule has 5 rings (SSSR count). The monoisotopic (exact) mass is 664 g/mol. The van der Waals surface area contributed by atoms with Crippen LogP contribution in [-0.4, -0.2) is 99.0 Å². The van der Waals surface area contributed by atoms with Crippen molar-refractivity contribution < 1.29 is 28.4 Å². The number of ether oxygens (including phenoxy) is 6. The number of nitrogens with one attached hydrogen (secondary N) is 2. The van der Waals surface area contributed by atoms with E-state index in [1.54, 1.807) is 42.7 Å². The summed E-state index contributed by atoms with van der Waals surface area (Å²) in [4.78, 5) is 4.89. The van der Waals surface area contributed by atoms with E-state index in [2.05, 4.69) is 42.3 Å². The van der Waals surface area contributed by atoms with Crippen molar-refractivity contribution in [1.82, 2.24) is 30.2 Å². The third-order valence-electron chi connectivity index (χ3n) is 7.67. The second kappa shape index (κ2) is 16.5. The van der Waals surface area contributed by atoms with Crippen LogP contribution < -0.4 is 28.4 Å². The maximum atomic E-state index is 5.51. The molecule has 1 aliphatic heterocycles. The van der Waals surface area contributed by atoms with Crippen molar-refractivity contribution in [3.63, 3.8) is 0 Å². The van der Waals surface area contributed by atoms with Gasteiger partial charge in [-0.15, -0.1) is 24.8 Å². The molecule has 0 radical (unpaired) electrons. The maximum absolute atomic E-state index is 5.51. The molecule has 246 valence electrons. The molecule has 12 nitrogen and oxygen atoms in total. The van der Waals surface area contributed by atoms with E-state index >= 15 is 0 Å². The van der Waals surface area contributed by atoms with Gasteiger partial charge in [-0.2, -0.15) is 10.2 Å². The molecule has 14 heteroatoms. The van der Waals surface area contributed by atoms with Gasteiger partial charge in [0.15, 0.2) is 23.0 Å². The highest BCUT2D eigenvalue weighted by Gasteiger charge is 2.20. The Morgan fingerprint density at radius 2 is 0.889 bits per heavy atom.